The Balaban J connectivity index is 2.47. The van der Waals surface area contributed by atoms with E-state index in [4.69, 9.17) is 11.5 Å². The van der Waals surface area contributed by atoms with Gasteiger partial charge in [0, 0.05) is 12.5 Å². The van der Waals surface area contributed by atoms with Crippen LogP contribution in [0.3, 0.4) is 0 Å². The highest BCUT2D eigenvalue weighted by molar-refractivity contribution is 5.86. The number of rotatable bonds is 3. The summed E-state index contributed by atoms with van der Waals surface area (Å²) in [7, 11) is 0. The highest BCUT2D eigenvalue weighted by Crippen LogP contribution is 2.24. The predicted octanol–water partition coefficient (Wildman–Crippen LogP) is 1.71. The van der Waals surface area contributed by atoms with Gasteiger partial charge in [0.1, 0.15) is 0 Å². The van der Waals surface area contributed by atoms with Crippen molar-refractivity contribution < 1.29 is 4.79 Å². The van der Waals surface area contributed by atoms with Crippen LogP contribution in [0.15, 0.2) is 42.5 Å². The summed E-state index contributed by atoms with van der Waals surface area (Å²) in [5.74, 6) is -0.375. The number of amides is 1. The Morgan fingerprint density at radius 3 is 2.56 bits per heavy atom. The SMILES string of the molecule is NC(=O)C[C@H](N)c1cccc2ccccc12. The summed E-state index contributed by atoms with van der Waals surface area (Å²) in [5.41, 5.74) is 12.1. The second-order valence-electron chi connectivity index (χ2n) is 3.85. The summed E-state index contributed by atoms with van der Waals surface area (Å²) in [4.78, 5) is 10.9. The Morgan fingerprint density at radius 2 is 1.81 bits per heavy atom. The minimum atomic E-state index is -0.375. The van der Waals surface area contributed by atoms with Gasteiger partial charge in [-0.1, -0.05) is 42.5 Å². The summed E-state index contributed by atoms with van der Waals surface area (Å²) >= 11 is 0. The average Bonchev–Trinajstić information content (AvgIpc) is 2.27. The fraction of sp³-hybridized carbons (Fsp3) is 0.154. The molecule has 0 heterocycles. The van der Waals surface area contributed by atoms with Crippen LogP contribution in [0.2, 0.25) is 0 Å². The lowest BCUT2D eigenvalue weighted by Crippen LogP contribution is -2.20. The van der Waals surface area contributed by atoms with Crippen molar-refractivity contribution in [3.63, 3.8) is 0 Å². The maximum atomic E-state index is 10.9. The van der Waals surface area contributed by atoms with E-state index in [1.165, 1.54) is 0 Å². The molecule has 2 rings (SSSR count). The number of carbonyl (C=O) groups is 1. The molecule has 0 spiro atoms. The van der Waals surface area contributed by atoms with Crippen LogP contribution < -0.4 is 11.5 Å². The van der Waals surface area contributed by atoms with E-state index in [1.54, 1.807) is 0 Å². The largest absolute Gasteiger partial charge is 0.370 e. The maximum absolute atomic E-state index is 10.9. The van der Waals surface area contributed by atoms with Gasteiger partial charge in [0.15, 0.2) is 0 Å². The Kier molecular flexibility index (Phi) is 2.88. The number of carbonyl (C=O) groups excluding carboxylic acids is 1. The van der Waals surface area contributed by atoms with Gasteiger partial charge < -0.3 is 11.5 Å². The number of fused-ring (bicyclic) bond motifs is 1. The number of hydrogen-bond acceptors (Lipinski definition) is 2. The first kappa shape index (κ1) is 10.6. The number of nitrogens with two attached hydrogens (primary N) is 2. The van der Waals surface area contributed by atoms with Gasteiger partial charge in [0.25, 0.3) is 0 Å². The zero-order chi connectivity index (χ0) is 11.5. The first-order valence-corrected chi connectivity index (χ1v) is 5.20. The van der Waals surface area contributed by atoms with Crippen LogP contribution in [-0.4, -0.2) is 5.91 Å². The van der Waals surface area contributed by atoms with Gasteiger partial charge in [-0.15, -0.1) is 0 Å². The molecule has 0 unspecified atom stereocenters. The molecular formula is C13H14N2O. The van der Waals surface area contributed by atoms with Crippen molar-refractivity contribution in [3.05, 3.63) is 48.0 Å². The summed E-state index contributed by atoms with van der Waals surface area (Å²) in [6, 6.07) is 13.5. The topological polar surface area (TPSA) is 69.1 Å². The van der Waals surface area contributed by atoms with E-state index in [2.05, 4.69) is 0 Å². The van der Waals surface area contributed by atoms with Crippen LogP contribution in [0.4, 0.5) is 0 Å². The Hall–Kier alpha value is -1.87. The fourth-order valence-corrected chi connectivity index (χ4v) is 1.90. The van der Waals surface area contributed by atoms with Crippen molar-refractivity contribution in [3.8, 4) is 0 Å². The van der Waals surface area contributed by atoms with E-state index in [9.17, 15) is 4.79 Å². The van der Waals surface area contributed by atoms with Crippen LogP contribution in [-0.2, 0) is 4.79 Å². The van der Waals surface area contributed by atoms with Crippen molar-refractivity contribution in [1.29, 1.82) is 0 Å². The van der Waals surface area contributed by atoms with E-state index in [0.717, 1.165) is 16.3 Å². The molecule has 3 nitrogen and oxygen atoms in total. The third kappa shape index (κ3) is 2.04. The first-order chi connectivity index (χ1) is 7.68. The molecule has 16 heavy (non-hydrogen) atoms. The van der Waals surface area contributed by atoms with Crippen molar-refractivity contribution >= 4 is 16.7 Å². The van der Waals surface area contributed by atoms with Crippen LogP contribution in [0.1, 0.15) is 18.0 Å². The second-order valence-corrected chi connectivity index (χ2v) is 3.85. The van der Waals surface area contributed by atoms with Crippen molar-refractivity contribution in [1.82, 2.24) is 0 Å². The summed E-state index contributed by atoms with van der Waals surface area (Å²) in [6.07, 6.45) is 0.175. The molecule has 1 amide bonds. The minimum Gasteiger partial charge on any atom is -0.370 e. The molecule has 0 saturated heterocycles. The summed E-state index contributed by atoms with van der Waals surface area (Å²) in [5, 5.41) is 2.21. The molecule has 0 fully saturated rings. The molecule has 82 valence electrons. The molecule has 0 saturated carbocycles. The van der Waals surface area contributed by atoms with E-state index in [-0.39, 0.29) is 18.4 Å². The van der Waals surface area contributed by atoms with Gasteiger partial charge in [-0.3, -0.25) is 4.79 Å². The van der Waals surface area contributed by atoms with Gasteiger partial charge in [0.2, 0.25) is 5.91 Å². The van der Waals surface area contributed by atoms with Crippen molar-refractivity contribution in [2.75, 3.05) is 0 Å². The molecule has 2 aromatic carbocycles. The molecule has 0 bridgehead atoms. The van der Waals surface area contributed by atoms with Gasteiger partial charge in [-0.25, -0.2) is 0 Å². The number of benzene rings is 2. The monoisotopic (exact) mass is 214 g/mol. The minimum absolute atomic E-state index is 0.175. The highest BCUT2D eigenvalue weighted by Gasteiger charge is 2.11. The molecule has 4 N–H and O–H groups in total. The summed E-state index contributed by atoms with van der Waals surface area (Å²) in [6.45, 7) is 0. The molecule has 0 radical (unpaired) electrons. The maximum Gasteiger partial charge on any atom is 0.219 e. The molecule has 3 heteroatoms. The lowest BCUT2D eigenvalue weighted by Gasteiger charge is -2.12. The zero-order valence-corrected chi connectivity index (χ0v) is 8.89. The van der Waals surface area contributed by atoms with Crippen LogP contribution in [0, 0.1) is 0 Å². The zero-order valence-electron chi connectivity index (χ0n) is 8.89. The average molecular weight is 214 g/mol. The highest BCUT2D eigenvalue weighted by atomic mass is 16.1. The van der Waals surface area contributed by atoms with E-state index >= 15 is 0 Å². The van der Waals surface area contributed by atoms with Crippen LogP contribution in [0.25, 0.3) is 10.8 Å². The van der Waals surface area contributed by atoms with Gasteiger partial charge in [-0.2, -0.15) is 0 Å². The van der Waals surface area contributed by atoms with Crippen LogP contribution in [0.5, 0.6) is 0 Å². The van der Waals surface area contributed by atoms with E-state index < -0.39 is 0 Å². The normalized spacial score (nSPS) is 12.6. The van der Waals surface area contributed by atoms with Crippen LogP contribution >= 0.6 is 0 Å². The smallest absolute Gasteiger partial charge is 0.219 e. The third-order valence-corrected chi connectivity index (χ3v) is 2.64. The van der Waals surface area contributed by atoms with E-state index in [0.29, 0.717) is 0 Å². The van der Waals surface area contributed by atoms with E-state index in [1.807, 2.05) is 42.5 Å². The lowest BCUT2D eigenvalue weighted by atomic mass is 9.97. The third-order valence-electron chi connectivity index (χ3n) is 2.64. The quantitative estimate of drug-likeness (QED) is 0.816. The van der Waals surface area contributed by atoms with Gasteiger partial charge in [0.05, 0.1) is 0 Å². The molecular weight excluding hydrogens is 200 g/mol. The molecule has 0 aromatic heterocycles. The van der Waals surface area contributed by atoms with Crippen molar-refractivity contribution in [2.24, 2.45) is 11.5 Å². The summed E-state index contributed by atoms with van der Waals surface area (Å²) < 4.78 is 0. The second kappa shape index (κ2) is 4.33. The molecule has 0 aliphatic rings. The Labute approximate surface area is 94.0 Å². The van der Waals surface area contributed by atoms with Gasteiger partial charge in [-0.05, 0) is 16.3 Å². The molecule has 1 atom stereocenters. The molecule has 2 aromatic rings. The predicted molar refractivity (Wildman–Crippen MR) is 64.7 cm³/mol. The first-order valence-electron chi connectivity index (χ1n) is 5.20. The Morgan fingerprint density at radius 1 is 1.12 bits per heavy atom. The van der Waals surface area contributed by atoms with Crippen molar-refractivity contribution in [2.45, 2.75) is 12.5 Å². The number of hydrogen-bond donors (Lipinski definition) is 2. The molecule has 0 aliphatic heterocycles. The number of primary amides is 1. The Bertz CT molecular complexity index is 517. The fourth-order valence-electron chi connectivity index (χ4n) is 1.90. The van der Waals surface area contributed by atoms with Gasteiger partial charge >= 0.3 is 0 Å². The standard InChI is InChI=1S/C13H14N2O/c14-12(8-13(15)16)11-7-3-5-9-4-1-2-6-10(9)11/h1-7,12H,8,14H2,(H2,15,16)/t12-/m0/s1. The molecule has 0 aliphatic carbocycles. The lowest BCUT2D eigenvalue weighted by molar-refractivity contribution is -0.118.